The van der Waals surface area contributed by atoms with Crippen LogP contribution in [-0.2, 0) is 0 Å². The van der Waals surface area contributed by atoms with Crippen molar-refractivity contribution in [1.82, 2.24) is 0 Å². The lowest BCUT2D eigenvalue weighted by atomic mass is 10.1. The van der Waals surface area contributed by atoms with Crippen LogP contribution in [0.15, 0.2) is 89.9 Å². The van der Waals surface area contributed by atoms with Crippen molar-refractivity contribution in [2.45, 2.75) is 13.8 Å². The van der Waals surface area contributed by atoms with Gasteiger partial charge in [-0.15, -0.1) is 0 Å². The molecule has 0 saturated heterocycles. The molecule has 0 amide bonds. The van der Waals surface area contributed by atoms with Crippen LogP contribution >= 0.6 is 0 Å². The van der Waals surface area contributed by atoms with Gasteiger partial charge in [-0.3, -0.25) is 4.99 Å². The molecular weight excluding hydrogens is 360 g/mol. The van der Waals surface area contributed by atoms with E-state index >= 15 is 0 Å². The van der Waals surface area contributed by atoms with Crippen molar-refractivity contribution in [3.8, 4) is 11.5 Å². The Balaban J connectivity index is 1.91. The van der Waals surface area contributed by atoms with Gasteiger partial charge >= 0.3 is 0 Å². The maximum atomic E-state index is 5.75. The van der Waals surface area contributed by atoms with Gasteiger partial charge in [-0.05, 0) is 49.8 Å². The van der Waals surface area contributed by atoms with E-state index in [1.165, 1.54) is 0 Å². The molecule has 0 atom stereocenters. The summed E-state index contributed by atoms with van der Waals surface area (Å²) < 4.78 is 11.4. The molecule has 0 aromatic heterocycles. The normalized spacial score (nSPS) is 11.4. The van der Waals surface area contributed by atoms with Gasteiger partial charge in [0, 0.05) is 11.9 Å². The second-order valence-electron chi connectivity index (χ2n) is 6.18. The van der Waals surface area contributed by atoms with E-state index in [-0.39, 0.29) is 0 Å². The zero-order valence-corrected chi connectivity index (χ0v) is 16.8. The van der Waals surface area contributed by atoms with Crippen LogP contribution in [0.1, 0.15) is 19.4 Å². The molecule has 3 aromatic rings. The molecule has 0 saturated carbocycles. The average molecular weight is 386 g/mol. The van der Waals surface area contributed by atoms with Gasteiger partial charge in [0.25, 0.3) is 0 Å². The molecular formula is C25H26N2O2. The Kier molecular flexibility index (Phi) is 7.47. The van der Waals surface area contributed by atoms with E-state index < -0.39 is 0 Å². The van der Waals surface area contributed by atoms with Crippen molar-refractivity contribution in [3.05, 3.63) is 90.5 Å². The molecule has 0 spiro atoms. The zero-order valence-electron chi connectivity index (χ0n) is 16.8. The summed E-state index contributed by atoms with van der Waals surface area (Å²) >= 11 is 0. The third-order valence-electron chi connectivity index (χ3n) is 4.16. The maximum Gasteiger partial charge on any atom is 0.144 e. The molecule has 0 aliphatic heterocycles. The number of nitrogens with one attached hydrogen (secondary N) is 1. The lowest BCUT2D eigenvalue weighted by molar-refractivity contribution is 0.341. The van der Waals surface area contributed by atoms with E-state index in [9.17, 15) is 0 Å². The fraction of sp³-hybridized carbons (Fsp3) is 0.160. The standard InChI is InChI=1S/C25H26N2O2/c1-3-28-24-16-10-8-14-22(24)26-19-18-21(20-12-6-5-7-13-20)27-23-15-9-11-17-25(23)29-4-2/h5-19,27H,3-4H2,1-2H3/b21-18-,26-19?. The minimum absolute atomic E-state index is 0.605. The predicted molar refractivity (Wildman–Crippen MR) is 121 cm³/mol. The average Bonchev–Trinajstić information content (AvgIpc) is 2.76. The first kappa shape index (κ1) is 20.2. The van der Waals surface area contributed by atoms with Gasteiger partial charge in [0.05, 0.1) is 18.9 Å². The number of anilines is 1. The molecule has 0 fully saturated rings. The second-order valence-corrected chi connectivity index (χ2v) is 6.18. The summed E-state index contributed by atoms with van der Waals surface area (Å²) in [6.45, 7) is 5.16. The predicted octanol–water partition coefficient (Wildman–Crippen LogP) is 6.34. The van der Waals surface area contributed by atoms with Crippen molar-refractivity contribution in [2.75, 3.05) is 18.5 Å². The van der Waals surface area contributed by atoms with Crippen LogP contribution in [0.5, 0.6) is 11.5 Å². The minimum Gasteiger partial charge on any atom is -0.492 e. The molecule has 0 heterocycles. The lowest BCUT2D eigenvalue weighted by Crippen LogP contribution is -2.02. The molecule has 0 bridgehead atoms. The van der Waals surface area contributed by atoms with Crippen LogP contribution in [-0.4, -0.2) is 19.4 Å². The molecule has 0 aliphatic carbocycles. The molecule has 4 nitrogen and oxygen atoms in total. The van der Waals surface area contributed by atoms with E-state index in [2.05, 4.69) is 22.4 Å². The summed E-state index contributed by atoms with van der Waals surface area (Å²) in [6.07, 6.45) is 3.75. The van der Waals surface area contributed by atoms with Crippen LogP contribution in [0.4, 0.5) is 11.4 Å². The Labute approximate surface area is 172 Å². The Morgan fingerprint density at radius 1 is 0.793 bits per heavy atom. The van der Waals surface area contributed by atoms with Crippen LogP contribution in [0, 0.1) is 0 Å². The van der Waals surface area contributed by atoms with Gasteiger partial charge in [0.2, 0.25) is 0 Å². The SMILES string of the molecule is CCOc1ccccc1N=C/C=C(\Nc1ccccc1OCC)c1ccccc1. The van der Waals surface area contributed by atoms with E-state index in [1.54, 1.807) is 6.21 Å². The van der Waals surface area contributed by atoms with Crippen molar-refractivity contribution in [3.63, 3.8) is 0 Å². The van der Waals surface area contributed by atoms with Gasteiger partial charge in [-0.1, -0.05) is 54.6 Å². The molecule has 3 rings (SSSR count). The summed E-state index contributed by atoms with van der Waals surface area (Å²) in [5.41, 5.74) is 3.69. The second kappa shape index (κ2) is 10.7. The first-order chi connectivity index (χ1) is 14.3. The Morgan fingerprint density at radius 3 is 2.17 bits per heavy atom. The molecule has 1 N–H and O–H groups in total. The summed E-state index contributed by atoms with van der Waals surface area (Å²) in [4.78, 5) is 4.59. The van der Waals surface area contributed by atoms with Crippen molar-refractivity contribution in [2.24, 2.45) is 4.99 Å². The van der Waals surface area contributed by atoms with Crippen molar-refractivity contribution < 1.29 is 9.47 Å². The van der Waals surface area contributed by atoms with Gasteiger partial charge in [0.1, 0.15) is 17.2 Å². The number of aliphatic imine (C=N–C) groups is 1. The van der Waals surface area contributed by atoms with Gasteiger partial charge in [-0.25, -0.2) is 0 Å². The van der Waals surface area contributed by atoms with Gasteiger partial charge < -0.3 is 14.8 Å². The highest BCUT2D eigenvalue weighted by atomic mass is 16.5. The number of hydrogen-bond donors (Lipinski definition) is 1. The number of para-hydroxylation sites is 4. The fourth-order valence-electron chi connectivity index (χ4n) is 2.86. The zero-order chi connectivity index (χ0) is 20.3. The molecule has 148 valence electrons. The fourth-order valence-corrected chi connectivity index (χ4v) is 2.86. The molecule has 3 aromatic carbocycles. The van der Waals surface area contributed by atoms with Crippen LogP contribution in [0.2, 0.25) is 0 Å². The van der Waals surface area contributed by atoms with Crippen LogP contribution < -0.4 is 14.8 Å². The number of hydrogen-bond acceptors (Lipinski definition) is 4. The number of rotatable bonds is 9. The smallest absolute Gasteiger partial charge is 0.144 e. The molecule has 0 aliphatic rings. The van der Waals surface area contributed by atoms with Gasteiger partial charge in [-0.2, -0.15) is 0 Å². The number of nitrogens with zero attached hydrogens (tertiary/aromatic N) is 1. The van der Waals surface area contributed by atoms with Crippen LogP contribution in [0.25, 0.3) is 5.70 Å². The number of allylic oxidation sites excluding steroid dienone is 1. The summed E-state index contributed by atoms with van der Waals surface area (Å²) in [7, 11) is 0. The van der Waals surface area contributed by atoms with Crippen molar-refractivity contribution >= 4 is 23.3 Å². The minimum atomic E-state index is 0.605. The molecule has 0 unspecified atom stereocenters. The Morgan fingerprint density at radius 2 is 1.41 bits per heavy atom. The number of benzene rings is 3. The largest absolute Gasteiger partial charge is 0.492 e. The highest BCUT2D eigenvalue weighted by molar-refractivity contribution is 5.91. The summed E-state index contributed by atoms with van der Waals surface area (Å²) in [6, 6.07) is 25.8. The quantitative estimate of drug-likeness (QED) is 0.436. The highest BCUT2D eigenvalue weighted by Crippen LogP contribution is 2.29. The van der Waals surface area contributed by atoms with E-state index in [0.29, 0.717) is 13.2 Å². The highest BCUT2D eigenvalue weighted by Gasteiger charge is 2.06. The first-order valence-electron chi connectivity index (χ1n) is 9.82. The first-order valence-corrected chi connectivity index (χ1v) is 9.82. The van der Waals surface area contributed by atoms with E-state index in [0.717, 1.165) is 34.1 Å². The van der Waals surface area contributed by atoms with E-state index in [1.807, 2.05) is 86.7 Å². The topological polar surface area (TPSA) is 42.8 Å². The summed E-state index contributed by atoms with van der Waals surface area (Å²) in [5.74, 6) is 1.59. The Hall–Kier alpha value is -3.53. The summed E-state index contributed by atoms with van der Waals surface area (Å²) in [5, 5.41) is 3.49. The molecule has 0 radical (unpaired) electrons. The third-order valence-corrected chi connectivity index (χ3v) is 4.16. The Bertz CT molecular complexity index is 965. The monoisotopic (exact) mass is 386 g/mol. The van der Waals surface area contributed by atoms with Crippen LogP contribution in [0.3, 0.4) is 0 Å². The van der Waals surface area contributed by atoms with Gasteiger partial charge in [0.15, 0.2) is 0 Å². The van der Waals surface area contributed by atoms with Crippen molar-refractivity contribution in [1.29, 1.82) is 0 Å². The lowest BCUT2D eigenvalue weighted by Gasteiger charge is -2.15. The maximum absolute atomic E-state index is 5.75. The molecule has 29 heavy (non-hydrogen) atoms. The third kappa shape index (κ3) is 5.72. The van der Waals surface area contributed by atoms with E-state index in [4.69, 9.17) is 9.47 Å². The molecule has 4 heteroatoms. The number of ether oxygens (including phenoxy) is 2.